The van der Waals surface area contributed by atoms with Crippen LogP contribution in [0.1, 0.15) is 27.3 Å². The molecule has 0 saturated carbocycles. The first-order valence-corrected chi connectivity index (χ1v) is 10.6. The molecule has 0 fully saturated rings. The lowest BCUT2D eigenvalue weighted by Crippen LogP contribution is -2.22. The van der Waals surface area contributed by atoms with Gasteiger partial charge in [0.25, 0.3) is 11.5 Å². The van der Waals surface area contributed by atoms with Crippen molar-refractivity contribution in [2.75, 3.05) is 0 Å². The van der Waals surface area contributed by atoms with E-state index in [2.05, 4.69) is 26.2 Å². The number of fused-ring (bicyclic) bond motifs is 1. The quantitative estimate of drug-likeness (QED) is 0.375. The van der Waals surface area contributed by atoms with E-state index in [1.165, 1.54) is 52.2 Å². The Bertz CT molecular complexity index is 1790. The summed E-state index contributed by atoms with van der Waals surface area (Å²) in [5.74, 6) is 1.53. The van der Waals surface area contributed by atoms with Crippen LogP contribution in [0, 0.1) is 19.3 Å². The van der Waals surface area contributed by atoms with Crippen molar-refractivity contribution in [3.8, 4) is 29.5 Å². The topological polar surface area (TPSA) is 127 Å². The van der Waals surface area contributed by atoms with Crippen LogP contribution in [0.5, 0.6) is 0 Å². The number of primary amides is 1. The van der Waals surface area contributed by atoms with E-state index in [9.17, 15) is 22.8 Å². The zero-order valence-corrected chi connectivity index (χ0v) is 18.9. The minimum Gasteiger partial charge on any atom is -0.365 e. The number of aryl methyl sites for hydroxylation is 1. The van der Waals surface area contributed by atoms with Gasteiger partial charge in [-0.05, 0) is 31.2 Å². The maximum Gasteiger partial charge on any atom is 0.434 e. The summed E-state index contributed by atoms with van der Waals surface area (Å²) in [4.78, 5) is 30.8. The fraction of sp³-hybridized carbons (Fsp3) is 0.0833. The Morgan fingerprint density at radius 1 is 1.08 bits per heavy atom. The number of pyridine rings is 2. The summed E-state index contributed by atoms with van der Waals surface area (Å²) >= 11 is 0. The number of nitrogens with zero attached hydrogens (tertiary/aromatic N) is 7. The molecule has 5 aromatic rings. The van der Waals surface area contributed by atoms with E-state index >= 15 is 0 Å². The molecule has 13 heteroatoms. The molecule has 2 N–H and O–H groups in total. The minimum absolute atomic E-state index is 0.0548. The largest absolute Gasteiger partial charge is 0.434 e. The van der Waals surface area contributed by atoms with Crippen LogP contribution in [-0.2, 0) is 6.18 Å². The maximum absolute atomic E-state index is 13.8. The van der Waals surface area contributed by atoms with Crippen molar-refractivity contribution in [1.82, 2.24) is 34.3 Å². The highest BCUT2D eigenvalue weighted by molar-refractivity contribution is 5.95. The normalized spacial score (nSPS) is 11.5. The van der Waals surface area contributed by atoms with Crippen molar-refractivity contribution < 1.29 is 18.0 Å². The Hall–Kier alpha value is -5.25. The molecular formula is C24H15F3N8O2. The van der Waals surface area contributed by atoms with Crippen LogP contribution in [0.25, 0.3) is 28.0 Å². The Morgan fingerprint density at radius 2 is 1.81 bits per heavy atom. The van der Waals surface area contributed by atoms with E-state index in [0.29, 0.717) is 27.4 Å². The van der Waals surface area contributed by atoms with Gasteiger partial charge in [0.1, 0.15) is 0 Å². The maximum atomic E-state index is 13.8. The predicted molar refractivity (Wildman–Crippen MR) is 126 cm³/mol. The first-order valence-electron chi connectivity index (χ1n) is 10.6. The monoisotopic (exact) mass is 504 g/mol. The Labute approximate surface area is 205 Å². The molecule has 0 aliphatic carbocycles. The highest BCUT2D eigenvalue weighted by Crippen LogP contribution is 2.35. The molecule has 0 atom stereocenters. The van der Waals surface area contributed by atoms with Gasteiger partial charge in [-0.25, -0.2) is 9.67 Å². The molecule has 4 aromatic heterocycles. The van der Waals surface area contributed by atoms with Crippen molar-refractivity contribution in [3.63, 3.8) is 0 Å². The van der Waals surface area contributed by atoms with Gasteiger partial charge < -0.3 is 5.73 Å². The van der Waals surface area contributed by atoms with E-state index in [1.807, 2.05) is 0 Å². The molecule has 0 saturated heterocycles. The molecule has 0 spiro atoms. The molecule has 0 radical (unpaired) electrons. The van der Waals surface area contributed by atoms with Crippen molar-refractivity contribution in [1.29, 1.82) is 0 Å². The van der Waals surface area contributed by atoms with Crippen LogP contribution in [0.3, 0.4) is 0 Å². The Balaban J connectivity index is 1.72. The summed E-state index contributed by atoms with van der Waals surface area (Å²) < 4.78 is 43.4. The lowest BCUT2D eigenvalue weighted by Gasteiger charge is -2.15. The second kappa shape index (κ2) is 8.45. The van der Waals surface area contributed by atoms with Gasteiger partial charge in [0.15, 0.2) is 11.5 Å². The van der Waals surface area contributed by atoms with Crippen LogP contribution in [0.15, 0.2) is 59.9 Å². The third-order valence-electron chi connectivity index (χ3n) is 5.64. The van der Waals surface area contributed by atoms with Crippen LogP contribution in [-0.4, -0.2) is 40.2 Å². The lowest BCUT2D eigenvalue weighted by atomic mass is 10.1. The number of hydrogen-bond acceptors (Lipinski definition) is 6. The van der Waals surface area contributed by atoms with Crippen LogP contribution in [0.2, 0.25) is 0 Å². The summed E-state index contributed by atoms with van der Waals surface area (Å²) in [6.07, 6.45) is 5.80. The highest BCUT2D eigenvalue weighted by Gasteiger charge is 2.40. The molecule has 1 aromatic carbocycles. The number of halogens is 3. The molecule has 37 heavy (non-hydrogen) atoms. The predicted octanol–water partition coefficient (Wildman–Crippen LogP) is 2.56. The van der Waals surface area contributed by atoms with Crippen LogP contribution < -0.4 is 11.3 Å². The van der Waals surface area contributed by atoms with E-state index in [1.54, 1.807) is 13.0 Å². The smallest absolute Gasteiger partial charge is 0.365 e. The highest BCUT2D eigenvalue weighted by atomic mass is 19.4. The van der Waals surface area contributed by atoms with Crippen LogP contribution >= 0.6 is 0 Å². The van der Waals surface area contributed by atoms with Gasteiger partial charge in [0, 0.05) is 17.0 Å². The van der Waals surface area contributed by atoms with Gasteiger partial charge in [0.2, 0.25) is 0 Å². The Morgan fingerprint density at radius 3 is 2.46 bits per heavy atom. The number of carbonyl (C=O) groups excluding carboxylic acids is 1. The van der Waals surface area contributed by atoms with E-state index in [4.69, 9.17) is 12.2 Å². The lowest BCUT2D eigenvalue weighted by molar-refractivity contribution is -0.143. The average molecular weight is 504 g/mol. The number of hydrogen-bond donors (Lipinski definition) is 1. The molecule has 4 heterocycles. The number of rotatable bonds is 4. The second-order valence-corrected chi connectivity index (χ2v) is 7.84. The fourth-order valence-electron chi connectivity index (χ4n) is 4.03. The van der Waals surface area contributed by atoms with Crippen molar-refractivity contribution in [2.45, 2.75) is 13.1 Å². The first kappa shape index (κ1) is 23.5. The van der Waals surface area contributed by atoms with Crippen molar-refractivity contribution >= 4 is 16.7 Å². The fourth-order valence-corrected chi connectivity index (χ4v) is 4.03. The number of nitrogens with two attached hydrogens (primary N) is 1. The van der Waals surface area contributed by atoms with E-state index in [-0.39, 0.29) is 16.5 Å². The van der Waals surface area contributed by atoms with Crippen molar-refractivity contribution in [2.24, 2.45) is 5.73 Å². The molecule has 1 amide bonds. The number of aromatic nitrogens is 7. The third-order valence-corrected chi connectivity index (χ3v) is 5.64. The van der Waals surface area contributed by atoms with Gasteiger partial charge in [0.05, 0.1) is 46.8 Å². The van der Waals surface area contributed by atoms with E-state index in [0.717, 1.165) is 6.20 Å². The zero-order valence-electron chi connectivity index (χ0n) is 18.9. The zero-order chi connectivity index (χ0) is 26.5. The Kier molecular flexibility index (Phi) is 5.36. The summed E-state index contributed by atoms with van der Waals surface area (Å²) in [6, 6.07) is 7.28. The van der Waals surface area contributed by atoms with Gasteiger partial charge in [-0.2, -0.15) is 28.5 Å². The summed E-state index contributed by atoms with van der Waals surface area (Å²) in [7, 11) is 0. The van der Waals surface area contributed by atoms with E-state index < -0.39 is 28.9 Å². The van der Waals surface area contributed by atoms with Gasteiger partial charge in [-0.15, -0.1) is 11.2 Å². The van der Waals surface area contributed by atoms with Crippen molar-refractivity contribution in [3.05, 3.63) is 88.0 Å². The average Bonchev–Trinajstić information content (AvgIpc) is 3.55. The SMILES string of the molecule is C#Cc1cc(-n2ccc3c(-n4ncc(C(N)=O)c4C(F)(F)F)cccc3c2=O)c(C)nc1-n1nccn1. The number of benzene rings is 1. The summed E-state index contributed by atoms with van der Waals surface area (Å²) in [5, 5.41) is 12.1. The molecule has 0 aliphatic heterocycles. The molecule has 0 bridgehead atoms. The third kappa shape index (κ3) is 3.80. The van der Waals surface area contributed by atoms with Gasteiger partial charge >= 0.3 is 6.18 Å². The first-order chi connectivity index (χ1) is 17.6. The standard InChI is InChI=1S/C24H15F3N8O2/c1-3-14-11-19(13(2)32-22(14)35-29-8-9-30-35)33-10-7-15-16(23(33)37)5-4-6-18(15)34-20(24(25,26)27)17(12-31-34)21(28)36/h1,4-12H,2H3,(H2,28,36). The molecule has 184 valence electrons. The summed E-state index contributed by atoms with van der Waals surface area (Å²) in [5.41, 5.74) is 3.54. The molecule has 10 nitrogen and oxygen atoms in total. The minimum atomic E-state index is -4.93. The summed E-state index contributed by atoms with van der Waals surface area (Å²) in [6.45, 7) is 1.67. The van der Waals surface area contributed by atoms with Gasteiger partial charge in [-0.1, -0.05) is 12.0 Å². The molecule has 0 unspecified atom stereocenters. The molecule has 5 rings (SSSR count). The van der Waals surface area contributed by atoms with Crippen LogP contribution in [0.4, 0.5) is 13.2 Å². The second-order valence-electron chi connectivity index (χ2n) is 7.84. The van der Waals surface area contributed by atoms with Gasteiger partial charge in [-0.3, -0.25) is 14.2 Å². The number of terminal acetylenes is 1. The number of carbonyl (C=O) groups is 1. The number of alkyl halides is 3. The number of amides is 1. The molecule has 0 aliphatic rings. The molecular weight excluding hydrogens is 489 g/mol.